The number of hydrogen-bond acceptors (Lipinski definition) is 5. The van der Waals surface area contributed by atoms with Gasteiger partial charge in [-0.05, 0) is 31.2 Å². The summed E-state index contributed by atoms with van der Waals surface area (Å²) >= 11 is 0. The van der Waals surface area contributed by atoms with Crippen LogP contribution in [0.5, 0.6) is 5.75 Å². The maximum absolute atomic E-state index is 13.7. The Labute approximate surface area is 160 Å². The summed E-state index contributed by atoms with van der Waals surface area (Å²) in [5, 5.41) is 6.57. The molecule has 1 aromatic heterocycles. The molecule has 28 heavy (non-hydrogen) atoms. The number of carbonyl (C=O) groups is 2. The van der Waals surface area contributed by atoms with Gasteiger partial charge in [-0.3, -0.25) is 4.79 Å². The van der Waals surface area contributed by atoms with E-state index in [4.69, 9.17) is 9.47 Å². The largest absolute Gasteiger partial charge is 0.493 e. The number of hydrogen-bond donors (Lipinski definition) is 1. The number of carbonyl (C=O) groups excluding carboxylic acids is 2. The highest BCUT2D eigenvalue weighted by Crippen LogP contribution is 2.21. The molecule has 0 aliphatic carbocycles. The Morgan fingerprint density at radius 1 is 1.11 bits per heavy atom. The van der Waals surface area contributed by atoms with Gasteiger partial charge in [0.2, 0.25) is 5.69 Å². The van der Waals surface area contributed by atoms with Crippen LogP contribution in [0.4, 0.5) is 10.1 Å². The van der Waals surface area contributed by atoms with E-state index in [0.29, 0.717) is 0 Å². The lowest BCUT2D eigenvalue weighted by Gasteiger charge is -2.13. The van der Waals surface area contributed by atoms with Crippen molar-refractivity contribution in [2.75, 3.05) is 12.4 Å². The lowest BCUT2D eigenvalue weighted by atomic mass is 10.3. The maximum Gasteiger partial charge on any atom is 0.363 e. The number of ether oxygens (including phenoxy) is 2. The first-order chi connectivity index (χ1) is 13.5. The summed E-state index contributed by atoms with van der Waals surface area (Å²) in [6.07, 6.45) is 0.370. The molecule has 1 unspecified atom stereocenters. The van der Waals surface area contributed by atoms with E-state index in [2.05, 4.69) is 10.4 Å². The topological polar surface area (TPSA) is 82.5 Å². The quantitative estimate of drug-likeness (QED) is 0.661. The van der Waals surface area contributed by atoms with Crippen molar-refractivity contribution in [3.8, 4) is 11.4 Å². The SMILES string of the molecule is COc1cn(-c2ccccc2)nc1C(=O)OC(C)C(=O)Nc1ccccc1F. The molecule has 1 heterocycles. The van der Waals surface area contributed by atoms with Crippen molar-refractivity contribution >= 4 is 17.6 Å². The minimum atomic E-state index is -1.17. The van der Waals surface area contributed by atoms with E-state index in [-0.39, 0.29) is 17.1 Å². The highest BCUT2D eigenvalue weighted by atomic mass is 19.1. The van der Waals surface area contributed by atoms with Gasteiger partial charge >= 0.3 is 5.97 Å². The van der Waals surface area contributed by atoms with E-state index in [1.54, 1.807) is 6.07 Å². The molecule has 0 spiro atoms. The van der Waals surface area contributed by atoms with Gasteiger partial charge in [0.25, 0.3) is 5.91 Å². The molecule has 0 saturated heterocycles. The molecule has 0 bridgehead atoms. The normalized spacial score (nSPS) is 11.5. The monoisotopic (exact) mass is 383 g/mol. The molecule has 3 aromatic rings. The van der Waals surface area contributed by atoms with Crippen LogP contribution in [-0.2, 0) is 9.53 Å². The first kappa shape index (κ1) is 19.1. The van der Waals surface area contributed by atoms with Crippen molar-refractivity contribution in [2.45, 2.75) is 13.0 Å². The molecule has 3 rings (SSSR count). The number of benzene rings is 2. The lowest BCUT2D eigenvalue weighted by Crippen LogP contribution is -2.30. The van der Waals surface area contributed by atoms with Crippen LogP contribution in [0.15, 0.2) is 60.8 Å². The van der Waals surface area contributed by atoms with Crippen molar-refractivity contribution in [1.29, 1.82) is 0 Å². The molecule has 0 radical (unpaired) electrons. The molecule has 1 N–H and O–H groups in total. The molecule has 8 heteroatoms. The van der Waals surface area contributed by atoms with Crippen molar-refractivity contribution in [3.05, 3.63) is 72.3 Å². The second-order valence-electron chi connectivity index (χ2n) is 5.84. The zero-order valence-electron chi connectivity index (χ0n) is 15.3. The summed E-state index contributed by atoms with van der Waals surface area (Å²) in [6.45, 7) is 1.38. The molecule has 144 valence electrons. The van der Waals surface area contributed by atoms with Gasteiger partial charge in [0.15, 0.2) is 11.9 Å². The fourth-order valence-corrected chi connectivity index (χ4v) is 2.43. The van der Waals surface area contributed by atoms with Crippen LogP contribution in [0.25, 0.3) is 5.69 Å². The first-order valence-corrected chi connectivity index (χ1v) is 8.45. The number of esters is 1. The molecule has 2 aromatic carbocycles. The highest BCUT2D eigenvalue weighted by Gasteiger charge is 2.25. The fourth-order valence-electron chi connectivity index (χ4n) is 2.43. The molecule has 0 aliphatic heterocycles. The third kappa shape index (κ3) is 4.17. The van der Waals surface area contributed by atoms with Gasteiger partial charge in [-0.15, -0.1) is 0 Å². The number of amides is 1. The molecular weight excluding hydrogens is 365 g/mol. The summed E-state index contributed by atoms with van der Waals surface area (Å²) in [6, 6.07) is 14.8. The highest BCUT2D eigenvalue weighted by molar-refractivity contribution is 5.97. The first-order valence-electron chi connectivity index (χ1n) is 8.45. The van der Waals surface area contributed by atoms with Gasteiger partial charge in [0, 0.05) is 0 Å². The molecule has 0 saturated carbocycles. The van der Waals surface area contributed by atoms with Crippen LogP contribution in [0.3, 0.4) is 0 Å². The molecular formula is C20H18FN3O4. The number of rotatable bonds is 6. The number of aromatic nitrogens is 2. The van der Waals surface area contributed by atoms with Crippen molar-refractivity contribution in [1.82, 2.24) is 9.78 Å². The van der Waals surface area contributed by atoms with Crippen LogP contribution in [-0.4, -0.2) is 34.9 Å². The Bertz CT molecular complexity index is 988. The van der Waals surface area contributed by atoms with Gasteiger partial charge in [0.1, 0.15) is 5.82 Å². The third-order valence-electron chi connectivity index (χ3n) is 3.90. The summed E-state index contributed by atoms with van der Waals surface area (Å²) in [5.74, 6) is -1.88. The Balaban J connectivity index is 1.72. The van der Waals surface area contributed by atoms with Crippen LogP contribution in [0.2, 0.25) is 0 Å². The van der Waals surface area contributed by atoms with Gasteiger partial charge in [-0.2, -0.15) is 5.10 Å². The number of nitrogens with zero attached hydrogens (tertiary/aromatic N) is 2. The molecule has 1 amide bonds. The predicted molar refractivity (Wildman–Crippen MR) is 100 cm³/mol. The molecule has 1 atom stereocenters. The molecule has 0 fully saturated rings. The van der Waals surface area contributed by atoms with Gasteiger partial charge in [-0.25, -0.2) is 13.9 Å². The second-order valence-corrected chi connectivity index (χ2v) is 5.84. The number of nitrogens with one attached hydrogen (secondary N) is 1. The fraction of sp³-hybridized carbons (Fsp3) is 0.150. The number of methoxy groups -OCH3 is 1. The summed E-state index contributed by atoms with van der Waals surface area (Å²) in [4.78, 5) is 24.7. The van der Waals surface area contributed by atoms with Crippen LogP contribution in [0, 0.1) is 5.82 Å². The lowest BCUT2D eigenvalue weighted by molar-refractivity contribution is -0.123. The Morgan fingerprint density at radius 3 is 2.46 bits per heavy atom. The van der Waals surface area contributed by atoms with Crippen molar-refractivity contribution in [3.63, 3.8) is 0 Å². The average Bonchev–Trinajstić information content (AvgIpc) is 3.15. The zero-order chi connectivity index (χ0) is 20.1. The van der Waals surface area contributed by atoms with E-state index < -0.39 is 23.8 Å². The number of anilines is 1. The van der Waals surface area contributed by atoms with Gasteiger partial charge in [0.05, 0.1) is 24.7 Å². The van der Waals surface area contributed by atoms with E-state index in [1.807, 2.05) is 30.3 Å². The number of para-hydroxylation sites is 2. The second kappa shape index (κ2) is 8.34. The molecule has 0 aliphatic rings. The van der Waals surface area contributed by atoms with Crippen LogP contribution >= 0.6 is 0 Å². The standard InChI is InChI=1S/C20H18FN3O4/c1-13(19(25)22-16-11-7-6-10-15(16)21)28-20(26)18-17(27-2)12-24(23-18)14-8-4-3-5-9-14/h3-13H,1-2H3,(H,22,25). The Morgan fingerprint density at radius 2 is 1.79 bits per heavy atom. The van der Waals surface area contributed by atoms with Crippen LogP contribution in [0.1, 0.15) is 17.4 Å². The minimum Gasteiger partial charge on any atom is -0.493 e. The Hall–Kier alpha value is -3.68. The summed E-state index contributed by atoms with van der Waals surface area (Å²) in [7, 11) is 1.40. The molecule has 7 nitrogen and oxygen atoms in total. The summed E-state index contributed by atoms with van der Waals surface area (Å²) < 4.78 is 25.5. The zero-order valence-corrected chi connectivity index (χ0v) is 15.3. The predicted octanol–water partition coefficient (Wildman–Crippen LogP) is 3.20. The van der Waals surface area contributed by atoms with Gasteiger partial charge < -0.3 is 14.8 Å². The summed E-state index contributed by atoms with van der Waals surface area (Å²) in [5.41, 5.74) is 0.656. The van der Waals surface area contributed by atoms with Crippen molar-refractivity contribution in [2.24, 2.45) is 0 Å². The van der Waals surface area contributed by atoms with E-state index >= 15 is 0 Å². The number of halogens is 1. The van der Waals surface area contributed by atoms with E-state index in [9.17, 15) is 14.0 Å². The van der Waals surface area contributed by atoms with E-state index in [1.165, 1.54) is 43.1 Å². The van der Waals surface area contributed by atoms with Crippen LogP contribution < -0.4 is 10.1 Å². The minimum absolute atomic E-state index is 0.00124. The Kier molecular flexibility index (Phi) is 5.69. The van der Waals surface area contributed by atoms with Gasteiger partial charge in [-0.1, -0.05) is 30.3 Å². The maximum atomic E-state index is 13.7. The smallest absolute Gasteiger partial charge is 0.363 e. The van der Waals surface area contributed by atoms with Crippen molar-refractivity contribution < 1.29 is 23.5 Å². The third-order valence-corrected chi connectivity index (χ3v) is 3.90. The average molecular weight is 383 g/mol. The van der Waals surface area contributed by atoms with E-state index in [0.717, 1.165) is 5.69 Å².